The largest absolute Gasteiger partial charge is 0.465 e. The minimum atomic E-state index is -3.83. The maximum Gasteiger partial charge on any atom is 0.414 e. The summed E-state index contributed by atoms with van der Waals surface area (Å²) in [6.45, 7) is 10.5. The Morgan fingerprint density at radius 1 is 0.855 bits per heavy atom. The van der Waals surface area contributed by atoms with Crippen LogP contribution in [0.2, 0.25) is 5.02 Å². The van der Waals surface area contributed by atoms with Gasteiger partial charge in [-0.1, -0.05) is 35.9 Å². The number of ether oxygens (including phenoxy) is 3. The molecule has 0 radical (unpaired) electrons. The number of nitrogens with zero attached hydrogens (tertiary/aromatic N) is 3. The lowest BCUT2D eigenvalue weighted by atomic mass is 10.1. The molecule has 14 nitrogen and oxygen atoms in total. The molecule has 1 atom stereocenters. The van der Waals surface area contributed by atoms with Crippen LogP contribution in [-0.4, -0.2) is 85.1 Å². The van der Waals surface area contributed by atoms with Crippen LogP contribution < -0.4 is 10.6 Å². The maximum absolute atomic E-state index is 14.2. The van der Waals surface area contributed by atoms with Gasteiger partial charge in [0.15, 0.2) is 0 Å². The Morgan fingerprint density at radius 3 is 1.93 bits per heavy atom. The van der Waals surface area contributed by atoms with Gasteiger partial charge in [0.2, 0.25) is 16.0 Å². The number of benzene rings is 3. The van der Waals surface area contributed by atoms with Crippen LogP contribution in [0, 0.1) is 0 Å². The second-order valence-electron chi connectivity index (χ2n) is 14.6. The van der Waals surface area contributed by atoms with Crippen molar-refractivity contribution in [2.45, 2.75) is 71.8 Å². The van der Waals surface area contributed by atoms with Crippen molar-refractivity contribution in [3.05, 3.63) is 105 Å². The Bertz CT molecular complexity index is 1990. The van der Waals surface area contributed by atoms with Gasteiger partial charge in [-0.3, -0.25) is 15.4 Å². The van der Waals surface area contributed by atoms with E-state index in [0.717, 1.165) is 5.41 Å². The van der Waals surface area contributed by atoms with Crippen LogP contribution in [0.25, 0.3) is 6.08 Å². The number of nitrogens with one attached hydrogen (secondary N) is 2. The van der Waals surface area contributed by atoms with Gasteiger partial charge in [0, 0.05) is 41.7 Å². The normalized spacial score (nSPS) is 14.9. The highest BCUT2D eigenvalue weighted by Gasteiger charge is 2.36. The topological polar surface area (TPSA) is 173 Å². The number of hydrogen-bond acceptors (Lipinski definition) is 10. The summed E-state index contributed by atoms with van der Waals surface area (Å²) in [5.74, 6) is -1.15. The fraction of sp³-hybridized carbons (Fsp3) is 0.359. The van der Waals surface area contributed by atoms with Crippen LogP contribution in [-0.2, 0) is 30.8 Å². The lowest BCUT2D eigenvalue weighted by Crippen LogP contribution is -2.47. The highest BCUT2D eigenvalue weighted by Crippen LogP contribution is 2.25. The molecule has 1 heterocycles. The molecule has 1 saturated heterocycles. The number of amides is 3. The molecule has 3 aromatic rings. The van der Waals surface area contributed by atoms with E-state index in [1.165, 1.54) is 41.8 Å². The number of guanidine groups is 1. The lowest BCUT2D eigenvalue weighted by molar-refractivity contribution is 0.0541. The standard InChI is InChI=1S/C39H46ClN5O9S/c1-38(2,3)53-36(48)42-35(43-37(49)54-39(4,5)6)41-31-18-14-28(15-19-31)33(46)45(24-27-8-12-29(13-9-27)34(47)52-7)32-20-22-44(25-32)55(50,51)23-21-26-10-16-30(40)17-11-26/h8-19,21,23,32H,20,22,24-25H2,1-7H3,(H2,41,42,43,48,49). The first kappa shape index (κ1) is 42.5. The molecule has 1 fully saturated rings. The van der Waals surface area contributed by atoms with Gasteiger partial charge in [-0.2, -0.15) is 4.31 Å². The number of alkyl carbamates (subject to hydrolysis) is 2. The Hall–Kier alpha value is -5.25. The minimum absolute atomic E-state index is 0.0533. The number of halogens is 1. The van der Waals surface area contributed by atoms with Crippen molar-refractivity contribution in [3.8, 4) is 0 Å². The number of aliphatic imine (C=N–C) groups is 1. The summed E-state index contributed by atoms with van der Waals surface area (Å²) in [7, 11) is -2.55. The van der Waals surface area contributed by atoms with Crippen LogP contribution in [0.5, 0.6) is 0 Å². The molecule has 3 aromatic carbocycles. The number of carbonyl (C=O) groups excluding carboxylic acids is 4. The van der Waals surface area contributed by atoms with Crippen molar-refractivity contribution < 1.29 is 41.8 Å². The van der Waals surface area contributed by atoms with Crippen LogP contribution >= 0.6 is 11.6 Å². The van der Waals surface area contributed by atoms with Crippen molar-refractivity contribution in [3.63, 3.8) is 0 Å². The number of methoxy groups -OCH3 is 1. The van der Waals surface area contributed by atoms with Crippen LogP contribution in [0.1, 0.15) is 79.8 Å². The smallest absolute Gasteiger partial charge is 0.414 e. The fourth-order valence-electron chi connectivity index (χ4n) is 5.31. The zero-order valence-electron chi connectivity index (χ0n) is 31.8. The monoisotopic (exact) mass is 795 g/mol. The molecule has 2 N–H and O–H groups in total. The third-order valence-electron chi connectivity index (χ3n) is 7.81. The number of rotatable bonds is 9. The van der Waals surface area contributed by atoms with E-state index in [4.69, 9.17) is 25.8 Å². The fourth-order valence-corrected chi connectivity index (χ4v) is 6.68. The summed E-state index contributed by atoms with van der Waals surface area (Å²) in [5, 5.41) is 6.51. The Balaban J connectivity index is 1.60. The van der Waals surface area contributed by atoms with E-state index in [1.807, 2.05) is 0 Å². The average molecular weight is 796 g/mol. The molecule has 1 unspecified atom stereocenters. The summed E-state index contributed by atoms with van der Waals surface area (Å²) in [6.07, 6.45) is 0.139. The molecule has 0 bridgehead atoms. The molecule has 0 aliphatic carbocycles. The summed E-state index contributed by atoms with van der Waals surface area (Å²) in [5.41, 5.74) is 0.604. The van der Waals surface area contributed by atoms with Gasteiger partial charge >= 0.3 is 18.2 Å². The summed E-state index contributed by atoms with van der Waals surface area (Å²) in [6, 6.07) is 19.0. The van der Waals surface area contributed by atoms with Gasteiger partial charge < -0.3 is 19.1 Å². The van der Waals surface area contributed by atoms with Gasteiger partial charge in [0.05, 0.1) is 18.4 Å². The molecular formula is C39H46ClN5O9S. The number of esters is 1. The quantitative estimate of drug-likeness (QED) is 0.101. The molecule has 55 heavy (non-hydrogen) atoms. The predicted octanol–water partition coefficient (Wildman–Crippen LogP) is 6.88. The second-order valence-corrected chi connectivity index (χ2v) is 16.8. The lowest BCUT2D eigenvalue weighted by Gasteiger charge is -2.29. The summed E-state index contributed by atoms with van der Waals surface area (Å²) < 4.78 is 43.4. The van der Waals surface area contributed by atoms with Crippen molar-refractivity contribution in [1.29, 1.82) is 0 Å². The zero-order chi connectivity index (χ0) is 40.6. The average Bonchev–Trinajstić information content (AvgIpc) is 3.60. The van der Waals surface area contributed by atoms with Gasteiger partial charge in [0.1, 0.15) is 11.2 Å². The van der Waals surface area contributed by atoms with Crippen molar-refractivity contribution in [2.75, 3.05) is 20.2 Å². The molecule has 3 amide bonds. The van der Waals surface area contributed by atoms with E-state index in [-0.39, 0.29) is 42.8 Å². The van der Waals surface area contributed by atoms with Crippen LogP contribution in [0.4, 0.5) is 15.3 Å². The first-order valence-corrected chi connectivity index (χ1v) is 19.2. The van der Waals surface area contributed by atoms with E-state index in [2.05, 4.69) is 15.6 Å². The predicted molar refractivity (Wildman–Crippen MR) is 209 cm³/mol. The van der Waals surface area contributed by atoms with Crippen LogP contribution in [0.15, 0.2) is 83.2 Å². The Kier molecular flexibility index (Phi) is 13.8. The van der Waals surface area contributed by atoms with E-state index < -0.39 is 45.4 Å². The molecule has 1 aliphatic heterocycles. The maximum atomic E-state index is 14.2. The molecule has 4 rings (SSSR count). The number of carbonyl (C=O) groups is 4. The van der Waals surface area contributed by atoms with Gasteiger partial charge in [-0.25, -0.2) is 27.8 Å². The number of hydrogen-bond donors (Lipinski definition) is 2. The van der Waals surface area contributed by atoms with E-state index in [0.29, 0.717) is 28.1 Å². The minimum Gasteiger partial charge on any atom is -0.465 e. The molecule has 0 spiro atoms. The van der Waals surface area contributed by atoms with Crippen LogP contribution in [0.3, 0.4) is 0 Å². The highest BCUT2D eigenvalue weighted by molar-refractivity contribution is 7.92. The zero-order valence-corrected chi connectivity index (χ0v) is 33.4. The third-order valence-corrected chi connectivity index (χ3v) is 9.60. The van der Waals surface area contributed by atoms with Gasteiger partial charge in [-0.05, 0) is 114 Å². The van der Waals surface area contributed by atoms with Crippen molar-refractivity contribution in [1.82, 2.24) is 19.8 Å². The molecule has 1 aliphatic rings. The first-order valence-electron chi connectivity index (χ1n) is 17.3. The third kappa shape index (κ3) is 13.2. The summed E-state index contributed by atoms with van der Waals surface area (Å²) in [4.78, 5) is 57.3. The SMILES string of the molecule is COC(=O)c1ccc(CN(C(=O)c2ccc(N=C(NC(=O)OC(C)(C)C)NC(=O)OC(C)(C)C)cc2)C2CCN(S(=O)(=O)C=Cc3ccc(Cl)cc3)C2)cc1. The van der Waals surface area contributed by atoms with Gasteiger partial charge in [0.25, 0.3) is 5.91 Å². The highest BCUT2D eigenvalue weighted by atomic mass is 35.5. The molecule has 0 aromatic heterocycles. The number of sulfonamides is 1. The van der Waals surface area contributed by atoms with E-state index in [1.54, 1.807) is 95.0 Å². The van der Waals surface area contributed by atoms with Crippen molar-refractivity contribution >= 4 is 63.4 Å². The summed E-state index contributed by atoms with van der Waals surface area (Å²) >= 11 is 5.96. The second kappa shape index (κ2) is 17.9. The molecule has 294 valence electrons. The Labute approximate surface area is 326 Å². The molecule has 0 saturated carbocycles. The molecule has 16 heteroatoms. The van der Waals surface area contributed by atoms with Gasteiger partial charge in [-0.15, -0.1) is 0 Å². The van der Waals surface area contributed by atoms with E-state index >= 15 is 0 Å². The molecular weight excluding hydrogens is 750 g/mol. The van der Waals surface area contributed by atoms with E-state index in [9.17, 15) is 27.6 Å². The first-order chi connectivity index (χ1) is 25.7. The van der Waals surface area contributed by atoms with Crippen molar-refractivity contribution in [2.24, 2.45) is 4.99 Å². The Morgan fingerprint density at radius 2 is 1.40 bits per heavy atom.